The standard InChI is InChI=1S/C20H16BrNO/c21-18-12-10-15(11-13-18)19-9-5-4-8-17(19)14-22-20(23)16-6-2-1-3-7-16/h1-13H,14H2,(H,22,23). The number of carbonyl (C=O) groups excluding carboxylic acids is 1. The zero-order valence-electron chi connectivity index (χ0n) is 12.5. The first kappa shape index (κ1) is 15.5. The molecule has 0 aliphatic carbocycles. The molecule has 1 amide bonds. The molecule has 0 bridgehead atoms. The van der Waals surface area contributed by atoms with Gasteiger partial charge in [-0.3, -0.25) is 4.79 Å². The second-order valence-electron chi connectivity index (χ2n) is 5.21. The lowest BCUT2D eigenvalue weighted by Crippen LogP contribution is -2.22. The molecule has 23 heavy (non-hydrogen) atoms. The van der Waals surface area contributed by atoms with Crippen LogP contribution in [0.15, 0.2) is 83.3 Å². The highest BCUT2D eigenvalue weighted by molar-refractivity contribution is 9.10. The number of amides is 1. The Morgan fingerprint density at radius 1 is 0.826 bits per heavy atom. The average Bonchev–Trinajstić information content (AvgIpc) is 2.61. The van der Waals surface area contributed by atoms with Crippen molar-refractivity contribution in [3.63, 3.8) is 0 Å². The van der Waals surface area contributed by atoms with Gasteiger partial charge in [0.25, 0.3) is 5.91 Å². The molecule has 2 nitrogen and oxygen atoms in total. The van der Waals surface area contributed by atoms with E-state index in [0.717, 1.165) is 21.2 Å². The molecule has 0 atom stereocenters. The van der Waals surface area contributed by atoms with E-state index in [1.807, 2.05) is 60.7 Å². The van der Waals surface area contributed by atoms with Gasteiger partial charge in [0.1, 0.15) is 0 Å². The third kappa shape index (κ3) is 3.88. The second-order valence-corrected chi connectivity index (χ2v) is 6.13. The number of hydrogen-bond donors (Lipinski definition) is 1. The zero-order chi connectivity index (χ0) is 16.1. The first-order valence-corrected chi connectivity index (χ1v) is 8.20. The Hall–Kier alpha value is -2.39. The summed E-state index contributed by atoms with van der Waals surface area (Å²) in [6.45, 7) is 0.500. The summed E-state index contributed by atoms with van der Waals surface area (Å²) in [6, 6.07) is 25.6. The Morgan fingerprint density at radius 2 is 1.48 bits per heavy atom. The molecule has 0 saturated carbocycles. The van der Waals surface area contributed by atoms with Crippen LogP contribution in [0.4, 0.5) is 0 Å². The summed E-state index contributed by atoms with van der Waals surface area (Å²) in [6.07, 6.45) is 0. The van der Waals surface area contributed by atoms with Crippen LogP contribution in [0.5, 0.6) is 0 Å². The van der Waals surface area contributed by atoms with Gasteiger partial charge < -0.3 is 5.32 Å². The highest BCUT2D eigenvalue weighted by atomic mass is 79.9. The van der Waals surface area contributed by atoms with Gasteiger partial charge in [-0.2, -0.15) is 0 Å². The minimum Gasteiger partial charge on any atom is -0.348 e. The summed E-state index contributed by atoms with van der Waals surface area (Å²) in [5, 5.41) is 2.99. The molecule has 1 N–H and O–H groups in total. The molecule has 3 aromatic carbocycles. The lowest BCUT2D eigenvalue weighted by Gasteiger charge is -2.11. The maximum absolute atomic E-state index is 12.2. The molecule has 0 spiro atoms. The second kappa shape index (κ2) is 7.25. The SMILES string of the molecule is O=C(NCc1ccccc1-c1ccc(Br)cc1)c1ccccc1. The molecule has 0 aromatic heterocycles. The van der Waals surface area contributed by atoms with Gasteiger partial charge in [-0.25, -0.2) is 0 Å². The molecule has 0 aliphatic heterocycles. The van der Waals surface area contributed by atoms with Crippen molar-refractivity contribution in [1.29, 1.82) is 0 Å². The number of benzene rings is 3. The molecule has 3 rings (SSSR count). The van der Waals surface area contributed by atoms with Gasteiger partial charge in [-0.1, -0.05) is 70.5 Å². The van der Waals surface area contributed by atoms with Crippen molar-refractivity contribution in [3.8, 4) is 11.1 Å². The number of rotatable bonds is 4. The number of carbonyl (C=O) groups is 1. The topological polar surface area (TPSA) is 29.1 Å². The van der Waals surface area contributed by atoms with Gasteiger partial charge in [0, 0.05) is 16.6 Å². The summed E-state index contributed by atoms with van der Waals surface area (Å²) in [5.74, 6) is -0.0591. The highest BCUT2D eigenvalue weighted by Gasteiger charge is 2.08. The number of nitrogens with one attached hydrogen (secondary N) is 1. The smallest absolute Gasteiger partial charge is 0.251 e. The third-order valence-electron chi connectivity index (χ3n) is 3.65. The van der Waals surface area contributed by atoms with Gasteiger partial charge in [0.2, 0.25) is 0 Å². The van der Waals surface area contributed by atoms with Crippen LogP contribution < -0.4 is 5.32 Å². The van der Waals surface area contributed by atoms with Crippen LogP contribution in [-0.2, 0) is 6.54 Å². The van der Waals surface area contributed by atoms with E-state index in [2.05, 4.69) is 39.4 Å². The van der Waals surface area contributed by atoms with Crippen LogP contribution in [0.1, 0.15) is 15.9 Å². The number of hydrogen-bond acceptors (Lipinski definition) is 1. The predicted octanol–water partition coefficient (Wildman–Crippen LogP) is 5.05. The van der Waals surface area contributed by atoms with E-state index >= 15 is 0 Å². The summed E-state index contributed by atoms with van der Waals surface area (Å²) in [5.41, 5.74) is 4.04. The van der Waals surface area contributed by atoms with Crippen molar-refractivity contribution < 1.29 is 4.79 Å². The largest absolute Gasteiger partial charge is 0.348 e. The minimum absolute atomic E-state index is 0.0591. The molecule has 3 aromatic rings. The monoisotopic (exact) mass is 365 g/mol. The summed E-state index contributed by atoms with van der Waals surface area (Å²) in [4.78, 5) is 12.2. The fourth-order valence-electron chi connectivity index (χ4n) is 2.45. The Bertz CT molecular complexity index is 797. The van der Waals surface area contributed by atoms with Crippen molar-refractivity contribution in [2.45, 2.75) is 6.54 Å². The molecule has 114 valence electrons. The molecule has 0 unspecified atom stereocenters. The fraction of sp³-hybridized carbons (Fsp3) is 0.0500. The van der Waals surface area contributed by atoms with Crippen molar-refractivity contribution >= 4 is 21.8 Å². The van der Waals surface area contributed by atoms with E-state index in [1.165, 1.54) is 0 Å². The Labute approximate surface area is 144 Å². The van der Waals surface area contributed by atoms with Gasteiger partial charge >= 0.3 is 0 Å². The van der Waals surface area contributed by atoms with Gasteiger partial charge in [-0.15, -0.1) is 0 Å². The predicted molar refractivity (Wildman–Crippen MR) is 97.2 cm³/mol. The maximum atomic E-state index is 12.2. The van der Waals surface area contributed by atoms with Crippen molar-refractivity contribution in [2.24, 2.45) is 0 Å². The Kier molecular flexibility index (Phi) is 4.89. The average molecular weight is 366 g/mol. The Balaban J connectivity index is 1.79. The first-order chi connectivity index (χ1) is 11.2. The summed E-state index contributed by atoms with van der Waals surface area (Å²) >= 11 is 3.46. The van der Waals surface area contributed by atoms with Crippen molar-refractivity contribution in [1.82, 2.24) is 5.32 Å². The lowest BCUT2D eigenvalue weighted by atomic mass is 10.00. The van der Waals surface area contributed by atoms with Gasteiger partial charge in [0.05, 0.1) is 0 Å². The van der Waals surface area contributed by atoms with Crippen molar-refractivity contribution in [2.75, 3.05) is 0 Å². The molecular weight excluding hydrogens is 350 g/mol. The molecule has 0 radical (unpaired) electrons. The number of halogens is 1. The minimum atomic E-state index is -0.0591. The Morgan fingerprint density at radius 3 is 2.22 bits per heavy atom. The molecule has 0 aliphatic rings. The fourth-order valence-corrected chi connectivity index (χ4v) is 2.72. The normalized spacial score (nSPS) is 10.3. The zero-order valence-corrected chi connectivity index (χ0v) is 14.1. The van der Waals surface area contributed by atoms with Crippen molar-refractivity contribution in [3.05, 3.63) is 94.5 Å². The van der Waals surface area contributed by atoms with E-state index in [4.69, 9.17) is 0 Å². The van der Waals surface area contributed by atoms with E-state index in [1.54, 1.807) is 0 Å². The van der Waals surface area contributed by atoms with E-state index in [-0.39, 0.29) is 5.91 Å². The van der Waals surface area contributed by atoms with Crippen LogP contribution in [0, 0.1) is 0 Å². The third-order valence-corrected chi connectivity index (χ3v) is 4.18. The van der Waals surface area contributed by atoms with Crippen LogP contribution in [-0.4, -0.2) is 5.91 Å². The highest BCUT2D eigenvalue weighted by Crippen LogP contribution is 2.25. The van der Waals surface area contributed by atoms with Crippen LogP contribution in [0.25, 0.3) is 11.1 Å². The maximum Gasteiger partial charge on any atom is 0.251 e. The van der Waals surface area contributed by atoms with E-state index in [0.29, 0.717) is 12.1 Å². The first-order valence-electron chi connectivity index (χ1n) is 7.41. The van der Waals surface area contributed by atoms with Crippen LogP contribution in [0.2, 0.25) is 0 Å². The summed E-state index contributed by atoms with van der Waals surface area (Å²) < 4.78 is 1.05. The van der Waals surface area contributed by atoms with Crippen LogP contribution >= 0.6 is 15.9 Å². The van der Waals surface area contributed by atoms with E-state index in [9.17, 15) is 4.79 Å². The van der Waals surface area contributed by atoms with Gasteiger partial charge in [-0.05, 0) is 41.0 Å². The van der Waals surface area contributed by atoms with Crippen LogP contribution in [0.3, 0.4) is 0 Å². The molecule has 0 saturated heterocycles. The summed E-state index contributed by atoms with van der Waals surface area (Å²) in [7, 11) is 0. The van der Waals surface area contributed by atoms with E-state index < -0.39 is 0 Å². The quantitative estimate of drug-likeness (QED) is 0.688. The molecule has 3 heteroatoms. The molecular formula is C20H16BrNO. The van der Waals surface area contributed by atoms with Gasteiger partial charge in [0.15, 0.2) is 0 Å². The lowest BCUT2D eigenvalue weighted by molar-refractivity contribution is 0.0951. The molecule has 0 fully saturated rings. The molecule has 0 heterocycles.